The molecule has 3 aliphatic rings. The molecule has 0 radical (unpaired) electrons. The van der Waals surface area contributed by atoms with Crippen LogP contribution in [0.2, 0.25) is 0 Å². The number of likely N-dealkylation sites (N-methyl/N-ethyl adjacent to an activating group) is 1. The molecule has 1 aromatic rings. The van der Waals surface area contributed by atoms with Crippen LogP contribution in [-0.2, 0) is 11.8 Å². The van der Waals surface area contributed by atoms with Crippen molar-refractivity contribution < 1.29 is 10.2 Å². The molecule has 0 aromatic heterocycles. The van der Waals surface area contributed by atoms with Crippen LogP contribution in [0.1, 0.15) is 48.7 Å². The Morgan fingerprint density at radius 2 is 2.35 bits per heavy atom. The van der Waals surface area contributed by atoms with Crippen molar-refractivity contribution in [1.82, 2.24) is 4.90 Å². The molecule has 2 bridgehead atoms. The van der Waals surface area contributed by atoms with E-state index in [1.807, 2.05) is 6.07 Å². The molecule has 4 rings (SSSR count). The molecule has 0 spiro atoms. The highest BCUT2D eigenvalue weighted by molar-refractivity contribution is 5.45. The summed E-state index contributed by atoms with van der Waals surface area (Å²) in [6.07, 6.45) is 6.99. The summed E-state index contributed by atoms with van der Waals surface area (Å²) in [5, 5.41) is 0. The molecule has 0 N–H and O–H groups in total. The maximum Gasteiger partial charge on any atom is 0.119 e. The number of hydrogen-bond acceptors (Lipinski definition) is 2. The molecule has 2 fully saturated rings. The van der Waals surface area contributed by atoms with Crippen LogP contribution in [0.4, 0.5) is 0 Å². The number of hydrogen-bond donors (Lipinski definition) is 0. The summed E-state index contributed by atoms with van der Waals surface area (Å²) in [5.74, 6) is 1.06. The SMILES string of the molecule is [2H]CN1CC[C@]23CCCCC2[C@H]1Cc1ccc(OC([2H])([2H])[2H])cc13. The van der Waals surface area contributed by atoms with Crippen molar-refractivity contribution in [3.8, 4) is 5.75 Å². The maximum absolute atomic E-state index is 7.88. The van der Waals surface area contributed by atoms with E-state index in [9.17, 15) is 0 Å². The van der Waals surface area contributed by atoms with Crippen LogP contribution in [0, 0.1) is 5.92 Å². The minimum absolute atomic E-state index is 0.163. The molecule has 2 heteroatoms. The Bertz CT molecular complexity index is 632. The van der Waals surface area contributed by atoms with Crippen molar-refractivity contribution in [2.75, 3.05) is 20.6 Å². The molecule has 0 amide bonds. The number of likely N-dealkylation sites (tertiary alicyclic amines) is 1. The molecule has 1 heterocycles. The van der Waals surface area contributed by atoms with Gasteiger partial charge in [0.1, 0.15) is 5.75 Å². The fourth-order valence-electron chi connectivity index (χ4n) is 5.13. The van der Waals surface area contributed by atoms with Gasteiger partial charge in [0.25, 0.3) is 0 Å². The van der Waals surface area contributed by atoms with E-state index in [4.69, 9.17) is 10.2 Å². The molecule has 2 nitrogen and oxygen atoms in total. The smallest absolute Gasteiger partial charge is 0.119 e. The monoisotopic (exact) mass is 275 g/mol. The lowest BCUT2D eigenvalue weighted by molar-refractivity contribution is 0.00274. The quantitative estimate of drug-likeness (QED) is 0.779. The molecule has 20 heavy (non-hydrogen) atoms. The van der Waals surface area contributed by atoms with Gasteiger partial charge in [-0.25, -0.2) is 0 Å². The zero-order valence-corrected chi connectivity index (χ0v) is 11.9. The lowest BCUT2D eigenvalue weighted by atomic mass is 9.52. The topological polar surface area (TPSA) is 12.5 Å². The molecule has 108 valence electrons. The molecular formula is C18H25NO. The summed E-state index contributed by atoms with van der Waals surface area (Å²) < 4.78 is 35.2. The first kappa shape index (κ1) is 9.09. The van der Waals surface area contributed by atoms with E-state index >= 15 is 0 Å². The Kier molecular flexibility index (Phi) is 2.04. The molecule has 1 saturated heterocycles. The van der Waals surface area contributed by atoms with Gasteiger partial charge >= 0.3 is 0 Å². The normalized spacial score (nSPS) is 39.6. The summed E-state index contributed by atoms with van der Waals surface area (Å²) in [6.45, 7) is 0.981. The van der Waals surface area contributed by atoms with E-state index in [1.54, 1.807) is 6.07 Å². The Balaban J connectivity index is 1.77. The van der Waals surface area contributed by atoms with Gasteiger partial charge in [0.05, 0.1) is 11.2 Å². The first-order valence-corrected chi connectivity index (χ1v) is 7.79. The minimum atomic E-state index is -2.40. The average Bonchev–Trinajstić information content (AvgIpc) is 2.54. The zero-order chi connectivity index (χ0) is 16.9. The van der Waals surface area contributed by atoms with Crippen LogP contribution in [0.3, 0.4) is 0 Å². The second kappa shape index (κ2) is 4.49. The number of piperidine rings is 1. The first-order chi connectivity index (χ1) is 11.4. The van der Waals surface area contributed by atoms with Crippen molar-refractivity contribution in [2.45, 2.75) is 50.0 Å². The zero-order valence-electron chi connectivity index (χ0n) is 15.9. The van der Waals surface area contributed by atoms with Crippen molar-refractivity contribution in [3.63, 3.8) is 0 Å². The largest absolute Gasteiger partial charge is 0.497 e. The fraction of sp³-hybridized carbons (Fsp3) is 0.667. The number of rotatable bonds is 1. The van der Waals surface area contributed by atoms with Crippen LogP contribution in [-0.4, -0.2) is 31.5 Å². The van der Waals surface area contributed by atoms with E-state index in [0.717, 1.165) is 19.4 Å². The van der Waals surface area contributed by atoms with Gasteiger partial charge in [-0.05, 0) is 68.4 Å². The van der Waals surface area contributed by atoms with Crippen LogP contribution >= 0.6 is 0 Å². The predicted octanol–water partition coefficient (Wildman–Crippen LogP) is 3.38. The second-order valence-electron chi connectivity index (χ2n) is 6.76. The van der Waals surface area contributed by atoms with Gasteiger partial charge in [0, 0.05) is 12.8 Å². The van der Waals surface area contributed by atoms with Crippen LogP contribution in [0.15, 0.2) is 18.2 Å². The van der Waals surface area contributed by atoms with Crippen molar-refractivity contribution >= 4 is 0 Å². The third kappa shape index (κ3) is 1.60. The van der Waals surface area contributed by atoms with E-state index in [-0.39, 0.29) is 5.41 Å². The van der Waals surface area contributed by atoms with Gasteiger partial charge in [-0.3, -0.25) is 0 Å². The molecule has 3 atom stereocenters. The van der Waals surface area contributed by atoms with Gasteiger partial charge in [-0.15, -0.1) is 0 Å². The van der Waals surface area contributed by atoms with Crippen molar-refractivity contribution in [1.29, 1.82) is 0 Å². The molecule has 2 aliphatic carbocycles. The van der Waals surface area contributed by atoms with Gasteiger partial charge in [-0.2, -0.15) is 0 Å². The Labute approximate surface area is 127 Å². The summed E-state index contributed by atoms with van der Waals surface area (Å²) in [7, 11) is -2.02. The average molecular weight is 275 g/mol. The van der Waals surface area contributed by atoms with Crippen LogP contribution in [0.5, 0.6) is 5.75 Å². The predicted molar refractivity (Wildman–Crippen MR) is 81.4 cm³/mol. The Hall–Kier alpha value is -1.02. The summed E-state index contributed by atoms with van der Waals surface area (Å²) in [5.41, 5.74) is 2.82. The lowest BCUT2D eigenvalue weighted by Crippen LogP contribution is -2.59. The first-order valence-electron chi connectivity index (χ1n) is 9.99. The highest BCUT2D eigenvalue weighted by Gasteiger charge is 2.53. The van der Waals surface area contributed by atoms with Gasteiger partial charge in [-0.1, -0.05) is 18.9 Å². The number of ether oxygens (including phenoxy) is 1. The number of methoxy groups -OCH3 is 1. The van der Waals surface area contributed by atoms with E-state index in [1.165, 1.54) is 36.8 Å². The molecular weight excluding hydrogens is 246 g/mol. The number of nitrogens with zero attached hydrogens (tertiary/aromatic N) is 1. The van der Waals surface area contributed by atoms with E-state index in [2.05, 4.69) is 11.0 Å². The van der Waals surface area contributed by atoms with Crippen molar-refractivity contribution in [2.24, 2.45) is 5.92 Å². The van der Waals surface area contributed by atoms with Crippen LogP contribution in [0.25, 0.3) is 0 Å². The van der Waals surface area contributed by atoms with Gasteiger partial charge in [0.15, 0.2) is 0 Å². The molecule has 1 aromatic carbocycles. The third-order valence-electron chi connectivity index (χ3n) is 6.04. The Morgan fingerprint density at radius 1 is 1.35 bits per heavy atom. The Morgan fingerprint density at radius 3 is 3.25 bits per heavy atom. The summed E-state index contributed by atoms with van der Waals surface area (Å²) >= 11 is 0. The second-order valence-corrected chi connectivity index (χ2v) is 6.76. The highest BCUT2D eigenvalue weighted by atomic mass is 16.5. The highest BCUT2D eigenvalue weighted by Crippen LogP contribution is 2.55. The van der Waals surface area contributed by atoms with E-state index in [0.29, 0.717) is 24.7 Å². The molecule has 1 unspecified atom stereocenters. The third-order valence-corrected chi connectivity index (χ3v) is 6.04. The van der Waals surface area contributed by atoms with Gasteiger partial charge in [0.2, 0.25) is 0 Å². The lowest BCUT2D eigenvalue weighted by Gasteiger charge is -2.58. The minimum Gasteiger partial charge on any atom is -0.497 e. The number of fused-ring (bicyclic) bond motifs is 1. The van der Waals surface area contributed by atoms with E-state index < -0.39 is 7.04 Å². The van der Waals surface area contributed by atoms with Gasteiger partial charge < -0.3 is 9.64 Å². The maximum atomic E-state index is 7.88. The number of benzene rings is 1. The van der Waals surface area contributed by atoms with Crippen molar-refractivity contribution in [3.05, 3.63) is 29.3 Å². The molecule has 1 saturated carbocycles. The summed E-state index contributed by atoms with van der Waals surface area (Å²) in [4.78, 5) is 2.34. The fourth-order valence-corrected chi connectivity index (χ4v) is 5.13. The molecule has 1 aliphatic heterocycles. The standard InChI is InChI=1S/C18H25NO/c1-19-10-9-18-8-4-3-5-15(18)17(19)11-13-6-7-14(20-2)12-16(13)18/h6-7,12,15,17H,3-5,8-11H2,1-2H3/t15?,17-,18-/m1/s1/i1D,2D3. The van der Waals surface area contributed by atoms with Crippen LogP contribution < -0.4 is 4.74 Å². The summed E-state index contributed by atoms with van der Waals surface area (Å²) in [6, 6.07) is 6.33.